The number of hydrogen-bond acceptors (Lipinski definition) is 4. The first-order valence-corrected chi connectivity index (χ1v) is 8.19. The van der Waals surface area contributed by atoms with Gasteiger partial charge in [-0.05, 0) is 46.3 Å². The Morgan fingerprint density at radius 1 is 1.48 bits per heavy atom. The van der Waals surface area contributed by atoms with Crippen molar-refractivity contribution in [3.63, 3.8) is 0 Å². The lowest BCUT2D eigenvalue weighted by Crippen LogP contribution is -2.59. The maximum Gasteiger partial charge on any atom is 0.0641 e. The average Bonchev–Trinajstić information content (AvgIpc) is 3.14. The predicted octanol–water partition coefficient (Wildman–Crippen LogP) is 2.10. The van der Waals surface area contributed by atoms with E-state index < -0.39 is 0 Å². The van der Waals surface area contributed by atoms with Crippen LogP contribution in [0.1, 0.15) is 57.7 Å². The first-order valence-electron chi connectivity index (χ1n) is 8.19. The minimum Gasteiger partial charge on any atom is -0.302 e. The lowest BCUT2D eigenvalue weighted by Gasteiger charge is -2.42. The molecule has 2 unspecified atom stereocenters. The highest BCUT2D eigenvalue weighted by Crippen LogP contribution is 2.29. The zero-order chi connectivity index (χ0) is 15.5. The number of nitrogens with zero attached hydrogens (tertiary/aromatic N) is 3. The first kappa shape index (κ1) is 16.5. The molecule has 0 spiro atoms. The molecule has 0 bridgehead atoms. The Morgan fingerprint density at radius 2 is 2.14 bits per heavy atom. The molecule has 1 aromatic rings. The monoisotopic (exact) mass is 293 g/mol. The Morgan fingerprint density at radius 3 is 2.67 bits per heavy atom. The molecule has 120 valence electrons. The van der Waals surface area contributed by atoms with Crippen molar-refractivity contribution in [2.24, 2.45) is 5.84 Å². The average molecular weight is 293 g/mol. The third-order valence-electron chi connectivity index (χ3n) is 5.46. The molecule has 1 aliphatic rings. The Labute approximate surface area is 128 Å². The van der Waals surface area contributed by atoms with Crippen molar-refractivity contribution in [2.45, 2.75) is 70.0 Å². The number of rotatable bonds is 7. The van der Waals surface area contributed by atoms with Crippen molar-refractivity contribution in [1.82, 2.24) is 20.1 Å². The van der Waals surface area contributed by atoms with Gasteiger partial charge in [0.15, 0.2) is 0 Å². The molecule has 0 aliphatic heterocycles. The van der Waals surface area contributed by atoms with Crippen LogP contribution in [-0.4, -0.2) is 40.4 Å². The minimum atomic E-state index is 0.0197. The van der Waals surface area contributed by atoms with Gasteiger partial charge in [-0.1, -0.05) is 19.8 Å². The number of nitrogens with one attached hydrogen (secondary N) is 1. The highest BCUT2D eigenvalue weighted by atomic mass is 15.3. The second-order valence-corrected chi connectivity index (χ2v) is 6.75. The van der Waals surface area contributed by atoms with Crippen LogP contribution in [0.4, 0.5) is 0 Å². The fourth-order valence-electron chi connectivity index (χ4n) is 3.40. The normalized spacial score (nSPS) is 20.9. The molecule has 1 fully saturated rings. The number of hydrazine groups is 1. The minimum absolute atomic E-state index is 0.0197. The van der Waals surface area contributed by atoms with Crippen molar-refractivity contribution in [2.75, 3.05) is 14.1 Å². The van der Waals surface area contributed by atoms with Crippen molar-refractivity contribution in [3.05, 3.63) is 18.0 Å². The summed E-state index contributed by atoms with van der Waals surface area (Å²) in [4.78, 5) is 2.26. The smallest absolute Gasteiger partial charge is 0.0641 e. The zero-order valence-corrected chi connectivity index (χ0v) is 14.0. The molecule has 1 aromatic heterocycles. The van der Waals surface area contributed by atoms with Gasteiger partial charge < -0.3 is 4.90 Å². The Balaban J connectivity index is 2.08. The first-order chi connectivity index (χ1) is 10.0. The SMILES string of the molecule is CCC(C)(C(Cc1ccn(C2CCCC2)n1)NN)N(C)C. The number of hydrogen-bond donors (Lipinski definition) is 2. The van der Waals surface area contributed by atoms with Gasteiger partial charge in [-0.15, -0.1) is 0 Å². The Bertz CT molecular complexity index is 436. The summed E-state index contributed by atoms with van der Waals surface area (Å²) in [5.74, 6) is 5.84. The molecule has 1 heterocycles. The van der Waals surface area contributed by atoms with Crippen LogP contribution in [0.25, 0.3) is 0 Å². The number of likely N-dealkylation sites (N-methyl/N-ethyl adjacent to an activating group) is 1. The second kappa shape index (κ2) is 6.90. The summed E-state index contributed by atoms with van der Waals surface area (Å²) in [6, 6.07) is 2.94. The van der Waals surface area contributed by atoms with Crippen LogP contribution in [0, 0.1) is 0 Å². The lowest BCUT2D eigenvalue weighted by molar-refractivity contribution is 0.112. The molecular formula is C16H31N5. The topological polar surface area (TPSA) is 59.1 Å². The van der Waals surface area contributed by atoms with Crippen molar-refractivity contribution >= 4 is 0 Å². The van der Waals surface area contributed by atoms with Crippen LogP contribution >= 0.6 is 0 Å². The Kier molecular flexibility index (Phi) is 5.41. The van der Waals surface area contributed by atoms with Gasteiger partial charge in [0, 0.05) is 24.2 Å². The van der Waals surface area contributed by atoms with E-state index in [0.717, 1.165) is 18.5 Å². The summed E-state index contributed by atoms with van der Waals surface area (Å²) >= 11 is 0. The highest BCUT2D eigenvalue weighted by Gasteiger charge is 2.34. The third kappa shape index (κ3) is 3.47. The molecule has 0 radical (unpaired) electrons. The quantitative estimate of drug-likeness (QED) is 0.597. The van der Waals surface area contributed by atoms with Crippen molar-refractivity contribution < 1.29 is 0 Å². The fraction of sp³-hybridized carbons (Fsp3) is 0.812. The van der Waals surface area contributed by atoms with E-state index in [4.69, 9.17) is 10.9 Å². The van der Waals surface area contributed by atoms with Crippen LogP contribution in [0.5, 0.6) is 0 Å². The van der Waals surface area contributed by atoms with E-state index in [0.29, 0.717) is 6.04 Å². The van der Waals surface area contributed by atoms with Gasteiger partial charge in [0.2, 0.25) is 0 Å². The van der Waals surface area contributed by atoms with Gasteiger partial charge in [-0.2, -0.15) is 5.10 Å². The summed E-state index contributed by atoms with van der Waals surface area (Å²) in [6.07, 6.45) is 9.24. The summed E-state index contributed by atoms with van der Waals surface area (Å²) in [7, 11) is 4.23. The second-order valence-electron chi connectivity index (χ2n) is 6.75. The van der Waals surface area contributed by atoms with E-state index in [9.17, 15) is 0 Å². The molecule has 2 rings (SSSR count). The molecule has 0 aromatic carbocycles. The third-order valence-corrected chi connectivity index (χ3v) is 5.46. The van der Waals surface area contributed by atoms with E-state index in [-0.39, 0.29) is 11.6 Å². The lowest BCUT2D eigenvalue weighted by atomic mass is 9.85. The van der Waals surface area contributed by atoms with Gasteiger partial charge >= 0.3 is 0 Å². The molecule has 1 aliphatic carbocycles. The van der Waals surface area contributed by atoms with E-state index in [1.54, 1.807) is 0 Å². The molecule has 0 saturated heterocycles. The zero-order valence-electron chi connectivity index (χ0n) is 14.0. The molecule has 3 N–H and O–H groups in total. The van der Waals surface area contributed by atoms with E-state index in [1.165, 1.54) is 25.7 Å². The van der Waals surface area contributed by atoms with Gasteiger partial charge in [-0.25, -0.2) is 0 Å². The number of aromatic nitrogens is 2. The van der Waals surface area contributed by atoms with Crippen LogP contribution < -0.4 is 11.3 Å². The summed E-state index contributed by atoms with van der Waals surface area (Å²) in [5, 5.41) is 4.79. The fourth-order valence-corrected chi connectivity index (χ4v) is 3.40. The Hall–Kier alpha value is -0.910. The standard InChI is InChI=1S/C16H31N5/c1-5-16(2,20(3)4)15(18-17)12-13-10-11-21(19-13)14-8-6-7-9-14/h10-11,14-15,18H,5-9,12,17H2,1-4H3. The molecule has 5 nitrogen and oxygen atoms in total. The molecule has 0 amide bonds. The van der Waals surface area contributed by atoms with Crippen LogP contribution in [0.3, 0.4) is 0 Å². The summed E-state index contributed by atoms with van der Waals surface area (Å²) in [6.45, 7) is 4.47. The van der Waals surface area contributed by atoms with E-state index in [2.05, 4.69) is 55.2 Å². The van der Waals surface area contributed by atoms with Gasteiger partial charge in [0.1, 0.15) is 0 Å². The van der Waals surface area contributed by atoms with Gasteiger partial charge in [-0.3, -0.25) is 16.0 Å². The van der Waals surface area contributed by atoms with Gasteiger partial charge in [0.25, 0.3) is 0 Å². The van der Waals surface area contributed by atoms with Crippen LogP contribution in [-0.2, 0) is 6.42 Å². The maximum absolute atomic E-state index is 5.84. The summed E-state index contributed by atoms with van der Waals surface area (Å²) in [5.41, 5.74) is 4.16. The molecule has 2 atom stereocenters. The highest BCUT2D eigenvalue weighted by molar-refractivity contribution is 5.07. The summed E-state index contributed by atoms with van der Waals surface area (Å²) < 4.78 is 2.16. The molecule has 5 heteroatoms. The molecular weight excluding hydrogens is 262 g/mol. The van der Waals surface area contributed by atoms with Crippen LogP contribution in [0.15, 0.2) is 12.3 Å². The predicted molar refractivity (Wildman–Crippen MR) is 86.9 cm³/mol. The number of nitrogens with two attached hydrogens (primary N) is 1. The largest absolute Gasteiger partial charge is 0.302 e. The van der Waals surface area contributed by atoms with Crippen molar-refractivity contribution in [3.8, 4) is 0 Å². The molecule has 21 heavy (non-hydrogen) atoms. The maximum atomic E-state index is 5.84. The van der Waals surface area contributed by atoms with E-state index >= 15 is 0 Å². The molecule has 1 saturated carbocycles. The van der Waals surface area contributed by atoms with E-state index in [1.807, 2.05) is 0 Å². The van der Waals surface area contributed by atoms with Gasteiger partial charge in [0.05, 0.1) is 11.7 Å². The van der Waals surface area contributed by atoms with Crippen molar-refractivity contribution in [1.29, 1.82) is 0 Å². The van der Waals surface area contributed by atoms with Crippen LogP contribution in [0.2, 0.25) is 0 Å².